The van der Waals surface area contributed by atoms with Crippen LogP contribution in [-0.2, 0) is 4.79 Å². The van der Waals surface area contributed by atoms with Gasteiger partial charge >= 0.3 is 5.97 Å². The second-order valence-corrected chi connectivity index (χ2v) is 5.54. The van der Waals surface area contributed by atoms with E-state index in [2.05, 4.69) is 0 Å². The van der Waals surface area contributed by atoms with Gasteiger partial charge in [0, 0.05) is 6.54 Å². The van der Waals surface area contributed by atoms with Crippen molar-refractivity contribution in [3.8, 4) is 5.75 Å². The van der Waals surface area contributed by atoms with Crippen molar-refractivity contribution in [1.82, 2.24) is 4.90 Å². The van der Waals surface area contributed by atoms with E-state index in [-0.39, 0.29) is 18.2 Å². The van der Waals surface area contributed by atoms with Crippen LogP contribution >= 0.6 is 0 Å². The van der Waals surface area contributed by atoms with Crippen molar-refractivity contribution < 1.29 is 19.4 Å². The maximum atomic E-state index is 12.5. The third kappa shape index (κ3) is 3.82. The number of carbonyl (C=O) groups is 2. The van der Waals surface area contributed by atoms with E-state index >= 15 is 0 Å². The smallest absolute Gasteiger partial charge is 0.307 e. The predicted molar refractivity (Wildman–Crippen MR) is 78.9 cm³/mol. The molecule has 0 aliphatic carbocycles. The number of hydrogen-bond acceptors (Lipinski definition) is 4. The number of aryl methyl sites for hydroxylation is 1. The first-order valence-electron chi connectivity index (χ1n) is 7.14. The molecule has 5 nitrogen and oxygen atoms in total. The van der Waals surface area contributed by atoms with Crippen molar-refractivity contribution in [2.75, 3.05) is 26.7 Å². The van der Waals surface area contributed by atoms with E-state index in [0.717, 1.165) is 18.5 Å². The van der Waals surface area contributed by atoms with Crippen molar-refractivity contribution in [1.29, 1.82) is 0 Å². The van der Waals surface area contributed by atoms with E-state index in [4.69, 9.17) is 9.84 Å². The van der Waals surface area contributed by atoms with Crippen LogP contribution in [0.2, 0.25) is 0 Å². The highest BCUT2D eigenvalue weighted by molar-refractivity contribution is 6.00. The van der Waals surface area contributed by atoms with Crippen LogP contribution < -0.4 is 4.74 Å². The van der Waals surface area contributed by atoms with Crippen LogP contribution in [0.5, 0.6) is 5.75 Å². The van der Waals surface area contributed by atoms with Gasteiger partial charge in [-0.1, -0.05) is 11.6 Å². The highest BCUT2D eigenvalue weighted by Gasteiger charge is 2.27. The molecule has 5 heteroatoms. The zero-order chi connectivity index (χ0) is 15.4. The lowest BCUT2D eigenvalue weighted by Gasteiger charge is -2.30. The van der Waals surface area contributed by atoms with Crippen LogP contribution in [0.4, 0.5) is 0 Å². The van der Waals surface area contributed by atoms with Crippen LogP contribution in [0.3, 0.4) is 0 Å². The number of likely N-dealkylation sites (tertiary alicyclic amines) is 1. The number of methoxy groups -OCH3 is 1. The van der Waals surface area contributed by atoms with Gasteiger partial charge in [-0.25, -0.2) is 0 Å². The van der Waals surface area contributed by atoms with E-state index in [0.29, 0.717) is 24.3 Å². The topological polar surface area (TPSA) is 66.8 Å². The minimum Gasteiger partial charge on any atom is -0.496 e. The molecule has 0 saturated carbocycles. The quantitative estimate of drug-likeness (QED) is 0.840. The lowest BCUT2D eigenvalue weighted by atomic mass is 9.97. The number of ether oxygens (including phenoxy) is 1. The maximum absolute atomic E-state index is 12.5. The SMILES string of the molecule is COc1ccc(C)cc1C(=O)CN1CCCC(C(=O)O)C1. The summed E-state index contributed by atoms with van der Waals surface area (Å²) in [5.41, 5.74) is 1.57. The van der Waals surface area contributed by atoms with Gasteiger partial charge in [0.25, 0.3) is 0 Å². The van der Waals surface area contributed by atoms with Gasteiger partial charge in [0.05, 0.1) is 25.1 Å². The van der Waals surface area contributed by atoms with Gasteiger partial charge in [0.15, 0.2) is 5.78 Å². The molecule has 0 spiro atoms. The van der Waals surface area contributed by atoms with Crippen molar-refractivity contribution in [3.05, 3.63) is 29.3 Å². The van der Waals surface area contributed by atoms with Crippen molar-refractivity contribution in [2.45, 2.75) is 19.8 Å². The number of carboxylic acid groups (broad SMARTS) is 1. The Labute approximate surface area is 124 Å². The molecule has 1 unspecified atom stereocenters. The average molecular weight is 291 g/mol. The summed E-state index contributed by atoms with van der Waals surface area (Å²) in [4.78, 5) is 25.4. The summed E-state index contributed by atoms with van der Waals surface area (Å²) in [5.74, 6) is -0.606. The minimum absolute atomic E-state index is 0.0263. The average Bonchev–Trinajstić information content (AvgIpc) is 2.47. The molecule has 0 radical (unpaired) electrons. The molecule has 1 heterocycles. The van der Waals surface area contributed by atoms with Crippen molar-refractivity contribution in [2.24, 2.45) is 5.92 Å². The summed E-state index contributed by atoms with van der Waals surface area (Å²) in [6, 6.07) is 5.51. The molecule has 114 valence electrons. The fourth-order valence-electron chi connectivity index (χ4n) is 2.73. The van der Waals surface area contributed by atoms with E-state index in [9.17, 15) is 9.59 Å². The first kappa shape index (κ1) is 15.5. The van der Waals surface area contributed by atoms with Crippen LogP contribution in [0.1, 0.15) is 28.8 Å². The predicted octanol–water partition coefficient (Wildman–Crippen LogP) is 1.98. The van der Waals surface area contributed by atoms with Gasteiger partial charge in [-0.2, -0.15) is 0 Å². The number of benzene rings is 1. The molecule has 21 heavy (non-hydrogen) atoms. The molecular weight excluding hydrogens is 270 g/mol. The molecule has 0 aromatic heterocycles. The van der Waals surface area contributed by atoms with Crippen LogP contribution in [-0.4, -0.2) is 48.5 Å². The largest absolute Gasteiger partial charge is 0.496 e. The molecule has 0 bridgehead atoms. The van der Waals surface area contributed by atoms with Gasteiger partial charge in [-0.05, 0) is 38.4 Å². The molecule has 1 fully saturated rings. The maximum Gasteiger partial charge on any atom is 0.307 e. The molecule has 1 aromatic carbocycles. The van der Waals surface area contributed by atoms with Gasteiger partial charge in [0.2, 0.25) is 0 Å². The zero-order valence-corrected chi connectivity index (χ0v) is 12.5. The van der Waals surface area contributed by atoms with Crippen molar-refractivity contribution in [3.63, 3.8) is 0 Å². The fourth-order valence-corrected chi connectivity index (χ4v) is 2.73. The summed E-state index contributed by atoms with van der Waals surface area (Å²) < 4.78 is 5.24. The number of hydrogen-bond donors (Lipinski definition) is 1. The van der Waals surface area contributed by atoms with Gasteiger partial charge in [0.1, 0.15) is 5.75 Å². The number of rotatable bonds is 5. The summed E-state index contributed by atoms with van der Waals surface area (Å²) in [6.07, 6.45) is 1.50. The van der Waals surface area contributed by atoms with E-state index in [1.165, 1.54) is 0 Å². The van der Waals surface area contributed by atoms with Crippen LogP contribution in [0.15, 0.2) is 18.2 Å². The van der Waals surface area contributed by atoms with E-state index in [1.807, 2.05) is 24.0 Å². The van der Waals surface area contributed by atoms with Crippen molar-refractivity contribution >= 4 is 11.8 Å². The number of aliphatic carboxylic acids is 1. The summed E-state index contributed by atoms with van der Waals surface area (Å²) >= 11 is 0. The lowest BCUT2D eigenvalue weighted by molar-refractivity contribution is -0.143. The highest BCUT2D eigenvalue weighted by Crippen LogP contribution is 2.22. The Balaban J connectivity index is 2.07. The number of carbonyl (C=O) groups excluding carboxylic acids is 1. The standard InChI is InChI=1S/C16H21NO4/c1-11-5-6-15(21-2)13(8-11)14(18)10-17-7-3-4-12(9-17)16(19)20/h5-6,8,12H,3-4,7,9-10H2,1-2H3,(H,19,20). The van der Waals surface area contributed by atoms with E-state index < -0.39 is 5.97 Å². The Bertz CT molecular complexity index is 541. The number of piperidine rings is 1. The Morgan fingerprint density at radius 2 is 2.19 bits per heavy atom. The molecule has 1 aromatic rings. The molecule has 0 amide bonds. The zero-order valence-electron chi connectivity index (χ0n) is 12.5. The lowest BCUT2D eigenvalue weighted by Crippen LogP contribution is -2.41. The van der Waals surface area contributed by atoms with Gasteiger partial charge < -0.3 is 9.84 Å². The second kappa shape index (κ2) is 6.72. The fraction of sp³-hybridized carbons (Fsp3) is 0.500. The summed E-state index contributed by atoms with van der Waals surface area (Å²) in [5, 5.41) is 9.09. The molecule has 1 aliphatic rings. The molecule has 1 N–H and O–H groups in total. The summed E-state index contributed by atoms with van der Waals surface area (Å²) in [7, 11) is 1.54. The number of carboxylic acids is 1. The first-order chi connectivity index (χ1) is 10.0. The number of Topliss-reactive ketones (excluding diaryl/α,β-unsaturated/α-hetero) is 1. The normalized spacial score (nSPS) is 19.2. The minimum atomic E-state index is -0.778. The third-order valence-electron chi connectivity index (χ3n) is 3.88. The van der Waals surface area contributed by atoms with Crippen LogP contribution in [0.25, 0.3) is 0 Å². The molecule has 1 aliphatic heterocycles. The Hall–Kier alpha value is -1.88. The molecular formula is C16H21NO4. The van der Waals surface area contributed by atoms with Gasteiger partial charge in [-0.3, -0.25) is 14.5 Å². The third-order valence-corrected chi connectivity index (χ3v) is 3.88. The first-order valence-corrected chi connectivity index (χ1v) is 7.14. The van der Waals surface area contributed by atoms with Crippen LogP contribution in [0, 0.1) is 12.8 Å². The molecule has 2 rings (SSSR count). The molecule has 1 saturated heterocycles. The Morgan fingerprint density at radius 1 is 1.43 bits per heavy atom. The number of ketones is 1. The highest BCUT2D eigenvalue weighted by atomic mass is 16.5. The number of nitrogens with zero attached hydrogens (tertiary/aromatic N) is 1. The summed E-state index contributed by atoms with van der Waals surface area (Å²) in [6.45, 7) is 3.38. The monoisotopic (exact) mass is 291 g/mol. The Morgan fingerprint density at radius 3 is 2.86 bits per heavy atom. The second-order valence-electron chi connectivity index (χ2n) is 5.54. The Kier molecular flexibility index (Phi) is 4.96. The van der Waals surface area contributed by atoms with E-state index in [1.54, 1.807) is 13.2 Å². The van der Waals surface area contributed by atoms with Gasteiger partial charge in [-0.15, -0.1) is 0 Å². The molecule has 1 atom stereocenters.